The number of aliphatic carboxylic acids is 2. The van der Waals surface area contributed by atoms with E-state index in [4.69, 9.17) is 20.7 Å². The molecule has 0 aromatic carbocycles. The number of hydrogen-bond acceptors (Lipinski definition) is 9. The maximum Gasteiger partial charge on any atom is 0.328 e. The van der Waals surface area contributed by atoms with Crippen molar-refractivity contribution >= 4 is 51.6 Å². The molecule has 0 unspecified atom stereocenters. The number of carbonyl (C=O) groups excluding carboxylic acids is 2. The zero-order chi connectivity index (χ0) is 23.9. The van der Waals surface area contributed by atoms with Gasteiger partial charge in [0.2, 0.25) is 0 Å². The first-order valence-electron chi connectivity index (χ1n) is 9.57. The van der Waals surface area contributed by atoms with Crippen LogP contribution in [0.25, 0.3) is 10.6 Å². The molecule has 2 heterocycles. The lowest BCUT2D eigenvalue weighted by Gasteiger charge is -2.05. The lowest BCUT2D eigenvalue weighted by atomic mass is 10.2. The second kappa shape index (κ2) is 14.7. The third-order valence-corrected chi connectivity index (χ3v) is 5.39. The molecule has 32 heavy (non-hydrogen) atoms. The van der Waals surface area contributed by atoms with Gasteiger partial charge >= 0.3 is 17.9 Å². The van der Waals surface area contributed by atoms with Gasteiger partial charge in [-0.15, -0.1) is 22.7 Å². The highest BCUT2D eigenvalue weighted by atomic mass is 32.1. The van der Waals surface area contributed by atoms with Crippen LogP contribution >= 0.6 is 22.7 Å². The Labute approximate surface area is 192 Å². The summed E-state index contributed by atoms with van der Waals surface area (Å²) >= 11 is 2.94. The first kappa shape index (κ1) is 26.8. The predicted octanol–water partition coefficient (Wildman–Crippen LogP) is 2.91. The predicted molar refractivity (Wildman–Crippen MR) is 121 cm³/mol. The first-order valence-corrected chi connectivity index (χ1v) is 11.3. The quantitative estimate of drug-likeness (QED) is 0.213. The van der Waals surface area contributed by atoms with Crippen LogP contribution in [0.15, 0.2) is 29.7 Å². The highest BCUT2D eigenvalue weighted by Gasteiger charge is 2.09. The van der Waals surface area contributed by atoms with Crippen molar-refractivity contribution in [3.63, 3.8) is 0 Å². The fourth-order valence-electron chi connectivity index (χ4n) is 2.13. The van der Waals surface area contributed by atoms with Crippen LogP contribution in [0, 0.1) is 0 Å². The Hall–Kier alpha value is -3.25. The SMILES string of the molecule is CCCCCC(=O)OCC(=O)NCc1ccc(-c2csc(N)n2)s1.O=C(O)C=CC(=O)O. The molecular weight excluding hydrogens is 458 g/mol. The number of aromatic nitrogens is 1. The summed E-state index contributed by atoms with van der Waals surface area (Å²) in [4.78, 5) is 48.5. The number of esters is 1. The number of anilines is 1. The summed E-state index contributed by atoms with van der Waals surface area (Å²) in [6.45, 7) is 2.24. The maximum absolute atomic E-state index is 11.7. The zero-order valence-electron chi connectivity index (χ0n) is 17.4. The van der Waals surface area contributed by atoms with Gasteiger partial charge in [0.05, 0.1) is 17.1 Å². The average Bonchev–Trinajstić information content (AvgIpc) is 3.39. The van der Waals surface area contributed by atoms with Crippen LogP contribution in [0.4, 0.5) is 5.13 Å². The number of nitrogens with zero attached hydrogens (tertiary/aromatic N) is 1. The lowest BCUT2D eigenvalue weighted by molar-refractivity contribution is -0.148. The van der Waals surface area contributed by atoms with E-state index in [1.54, 1.807) is 11.3 Å². The average molecular weight is 484 g/mol. The van der Waals surface area contributed by atoms with Crippen LogP contribution in [-0.2, 0) is 30.5 Å². The van der Waals surface area contributed by atoms with Crippen molar-refractivity contribution < 1.29 is 34.1 Å². The summed E-state index contributed by atoms with van der Waals surface area (Å²) < 4.78 is 4.95. The van der Waals surface area contributed by atoms with Crippen molar-refractivity contribution in [1.29, 1.82) is 0 Å². The van der Waals surface area contributed by atoms with E-state index < -0.39 is 11.9 Å². The molecule has 0 aliphatic carbocycles. The Bertz CT molecular complexity index is 921. The molecule has 0 atom stereocenters. The summed E-state index contributed by atoms with van der Waals surface area (Å²) in [6, 6.07) is 3.89. The Morgan fingerprint density at radius 2 is 1.84 bits per heavy atom. The van der Waals surface area contributed by atoms with E-state index in [0.29, 0.717) is 30.2 Å². The number of nitrogens with one attached hydrogen (secondary N) is 1. The van der Waals surface area contributed by atoms with Gasteiger partial charge in [0.15, 0.2) is 11.7 Å². The zero-order valence-corrected chi connectivity index (χ0v) is 19.0. The number of nitrogens with two attached hydrogens (primary N) is 1. The second-order valence-corrected chi connectivity index (χ2v) is 8.30. The Kier molecular flexibility index (Phi) is 12.3. The number of carbonyl (C=O) groups is 4. The van der Waals surface area contributed by atoms with Crippen molar-refractivity contribution in [3.05, 3.63) is 34.5 Å². The summed E-state index contributed by atoms with van der Waals surface area (Å²) in [7, 11) is 0. The molecule has 12 heteroatoms. The molecule has 174 valence electrons. The number of carboxylic acid groups (broad SMARTS) is 2. The van der Waals surface area contributed by atoms with Crippen molar-refractivity contribution in [2.75, 3.05) is 12.3 Å². The first-order chi connectivity index (χ1) is 15.2. The van der Waals surface area contributed by atoms with Crippen LogP contribution in [0.1, 0.15) is 37.5 Å². The van der Waals surface area contributed by atoms with Gasteiger partial charge in [-0.3, -0.25) is 9.59 Å². The lowest BCUT2D eigenvalue weighted by Crippen LogP contribution is -2.28. The van der Waals surface area contributed by atoms with Crippen LogP contribution in [0.5, 0.6) is 0 Å². The van der Waals surface area contributed by atoms with E-state index in [0.717, 1.165) is 34.7 Å². The molecule has 0 saturated heterocycles. The molecule has 0 bridgehead atoms. The number of rotatable bonds is 11. The molecule has 0 aliphatic rings. The molecule has 2 aromatic rings. The number of amides is 1. The third kappa shape index (κ3) is 11.8. The monoisotopic (exact) mass is 483 g/mol. The van der Waals surface area contributed by atoms with E-state index in [1.165, 1.54) is 11.3 Å². The van der Waals surface area contributed by atoms with E-state index in [2.05, 4.69) is 17.2 Å². The summed E-state index contributed by atoms with van der Waals surface area (Å²) in [6.07, 6.45) is 4.32. The Balaban J connectivity index is 0.000000547. The standard InChI is InChI=1S/C16H21N3O3S2.C4H4O4/c1-2-3-4-5-15(21)22-9-14(20)18-8-11-6-7-13(24-11)12-10-23-16(17)19-12;5-3(6)1-2-4(7)8/h6-7,10H,2-5,8-9H2,1H3,(H2,17,19)(H,18,20);1-2H,(H,5,6)(H,7,8). The van der Waals surface area contributed by atoms with Gasteiger partial charge in [-0.25, -0.2) is 14.6 Å². The van der Waals surface area contributed by atoms with Crippen molar-refractivity contribution in [2.45, 2.75) is 39.2 Å². The highest BCUT2D eigenvalue weighted by molar-refractivity contribution is 7.16. The molecular formula is C20H25N3O7S2. The van der Waals surface area contributed by atoms with E-state index in [9.17, 15) is 19.2 Å². The van der Waals surface area contributed by atoms with Gasteiger partial charge in [0, 0.05) is 28.8 Å². The smallest absolute Gasteiger partial charge is 0.328 e. The molecule has 0 fully saturated rings. The number of thiophene rings is 1. The van der Waals surface area contributed by atoms with Crippen LogP contribution in [0.3, 0.4) is 0 Å². The molecule has 0 saturated carbocycles. The van der Waals surface area contributed by atoms with Crippen molar-refractivity contribution in [1.82, 2.24) is 10.3 Å². The van der Waals surface area contributed by atoms with Gasteiger partial charge < -0.3 is 26.0 Å². The number of carboxylic acids is 2. The van der Waals surface area contributed by atoms with Gasteiger partial charge in [0.25, 0.3) is 5.91 Å². The van der Waals surface area contributed by atoms with Crippen LogP contribution in [-0.4, -0.2) is 45.6 Å². The van der Waals surface area contributed by atoms with Gasteiger partial charge in [0.1, 0.15) is 0 Å². The van der Waals surface area contributed by atoms with Crippen molar-refractivity contribution in [3.8, 4) is 10.6 Å². The second-order valence-electron chi connectivity index (χ2n) is 6.24. The minimum Gasteiger partial charge on any atom is -0.478 e. The normalized spacial score (nSPS) is 10.3. The number of unbranched alkanes of at least 4 members (excludes halogenated alkanes) is 2. The fourth-order valence-corrected chi connectivity index (χ4v) is 3.67. The molecule has 0 radical (unpaired) electrons. The van der Waals surface area contributed by atoms with E-state index in [1.807, 2.05) is 17.5 Å². The van der Waals surface area contributed by atoms with Crippen LogP contribution < -0.4 is 11.1 Å². The minimum atomic E-state index is -1.26. The molecule has 2 aromatic heterocycles. The Morgan fingerprint density at radius 1 is 1.16 bits per heavy atom. The summed E-state index contributed by atoms with van der Waals surface area (Å²) in [5, 5.41) is 20.8. The van der Waals surface area contributed by atoms with Gasteiger partial charge in [-0.05, 0) is 18.6 Å². The fraction of sp³-hybridized carbons (Fsp3) is 0.350. The number of ether oxygens (including phenoxy) is 1. The molecule has 10 nitrogen and oxygen atoms in total. The number of nitrogen functional groups attached to an aromatic ring is 1. The molecule has 5 N–H and O–H groups in total. The van der Waals surface area contributed by atoms with Gasteiger partial charge in [-0.2, -0.15) is 0 Å². The summed E-state index contributed by atoms with van der Waals surface area (Å²) in [5.41, 5.74) is 6.48. The molecule has 2 rings (SSSR count). The molecule has 1 amide bonds. The maximum atomic E-state index is 11.7. The molecule has 0 aliphatic heterocycles. The topological polar surface area (TPSA) is 169 Å². The molecule has 0 spiro atoms. The number of hydrogen-bond donors (Lipinski definition) is 4. The van der Waals surface area contributed by atoms with Gasteiger partial charge in [-0.1, -0.05) is 19.8 Å². The van der Waals surface area contributed by atoms with E-state index >= 15 is 0 Å². The van der Waals surface area contributed by atoms with Crippen LogP contribution in [0.2, 0.25) is 0 Å². The third-order valence-electron chi connectivity index (χ3n) is 3.61. The minimum absolute atomic E-state index is 0.230. The number of thiazole rings is 1. The largest absolute Gasteiger partial charge is 0.478 e. The van der Waals surface area contributed by atoms with E-state index in [-0.39, 0.29) is 18.5 Å². The Morgan fingerprint density at radius 3 is 2.41 bits per heavy atom. The summed E-state index contributed by atoms with van der Waals surface area (Å²) in [5.74, 6) is -3.13. The van der Waals surface area contributed by atoms with Crippen molar-refractivity contribution in [2.24, 2.45) is 0 Å². The highest BCUT2D eigenvalue weighted by Crippen LogP contribution is 2.29.